The lowest BCUT2D eigenvalue weighted by molar-refractivity contribution is -0.175. The third-order valence-corrected chi connectivity index (χ3v) is 16.0. The van der Waals surface area contributed by atoms with Crippen molar-refractivity contribution in [1.82, 2.24) is 19.6 Å². The number of benzene rings is 2. The normalized spacial score (nSPS) is 17.1. The molecule has 21 nitrogen and oxygen atoms in total. The van der Waals surface area contributed by atoms with E-state index in [-0.39, 0.29) is 49.4 Å². The fraction of sp³-hybridized carbons (Fsp3) is 0.687. The van der Waals surface area contributed by atoms with E-state index in [1.54, 1.807) is 72.7 Å². The molecule has 2 heterocycles. The first kappa shape index (κ1) is 75.7. The maximum Gasteiger partial charge on any atom is 0.410 e. The van der Waals surface area contributed by atoms with Crippen LogP contribution in [-0.2, 0) is 84.4 Å². The number of alkyl halides is 2. The Morgan fingerprint density at radius 1 is 0.489 bits per heavy atom. The van der Waals surface area contributed by atoms with Crippen LogP contribution >= 0.6 is 0 Å². The van der Waals surface area contributed by atoms with Crippen molar-refractivity contribution >= 4 is 53.7 Å². The molecule has 4 rings (SSSR count). The molecular formula is C67H100F2N4O17. The maximum atomic E-state index is 16.0. The molecular weight excluding hydrogens is 1170 g/mol. The molecule has 0 saturated carbocycles. The topological polar surface area (TPSA) is 251 Å². The van der Waals surface area contributed by atoms with E-state index in [4.69, 9.17) is 33.2 Å². The number of esters is 4. The fourth-order valence-corrected chi connectivity index (χ4v) is 10.8. The van der Waals surface area contributed by atoms with Gasteiger partial charge >= 0.3 is 35.9 Å². The summed E-state index contributed by atoms with van der Waals surface area (Å²) in [5.74, 6) is -8.68. The van der Waals surface area contributed by atoms with Gasteiger partial charge in [-0.1, -0.05) is 76.2 Å². The van der Waals surface area contributed by atoms with E-state index in [2.05, 4.69) is 0 Å². The van der Waals surface area contributed by atoms with Crippen LogP contribution in [0.15, 0.2) is 48.5 Å². The summed E-state index contributed by atoms with van der Waals surface area (Å²) in [6.45, 7) is 21.6. The lowest BCUT2D eigenvalue weighted by Gasteiger charge is -2.35. The van der Waals surface area contributed by atoms with Gasteiger partial charge in [0.25, 0.3) is 17.7 Å². The molecule has 4 amide bonds. The molecule has 0 spiro atoms. The van der Waals surface area contributed by atoms with Crippen LogP contribution < -0.4 is 0 Å². The Labute approximate surface area is 530 Å². The van der Waals surface area contributed by atoms with E-state index in [9.17, 15) is 43.5 Å². The summed E-state index contributed by atoms with van der Waals surface area (Å²) in [7, 11) is 5.03. The van der Waals surface area contributed by atoms with Crippen LogP contribution in [-0.4, -0.2) is 199 Å². The van der Waals surface area contributed by atoms with Crippen LogP contribution in [0.1, 0.15) is 175 Å². The second kappa shape index (κ2) is 33.5. The molecule has 2 aromatic rings. The van der Waals surface area contributed by atoms with E-state index in [1.165, 1.54) is 62.8 Å². The minimum absolute atomic E-state index is 0.0258. The van der Waals surface area contributed by atoms with Crippen molar-refractivity contribution in [2.24, 2.45) is 11.8 Å². The lowest BCUT2D eigenvalue weighted by Crippen LogP contribution is -2.54. The first-order valence-electron chi connectivity index (χ1n) is 31.3. The second-order valence-electron chi connectivity index (χ2n) is 27.1. The highest BCUT2D eigenvalue weighted by Crippen LogP contribution is 2.31. The average Bonchev–Trinajstić information content (AvgIpc) is 2.34. The lowest BCUT2D eigenvalue weighted by atomic mass is 9.90. The van der Waals surface area contributed by atoms with Crippen LogP contribution in [0.4, 0.5) is 13.6 Å². The summed E-state index contributed by atoms with van der Waals surface area (Å²) in [5, 5.41) is 9.54. The van der Waals surface area contributed by atoms with Gasteiger partial charge in [-0.3, -0.25) is 19.3 Å². The highest BCUT2D eigenvalue weighted by atomic mass is 19.1. The number of halogens is 2. The SMILES string of the molecule is CC(C)C[C@@H](C(=O)O[C@H](C)C(=O)O)N(C)C(=O)C(Cc1ccc(C2CCOCC2)cc1)OC(=O)[C@H](CC(C)(C)F)N(C)C(=O)C(C)OC(=O)[C@H](CC(C)C)N(C)C(=O)[C@@H](Cc1ccc(C2CCOCC2)cc1)OC(=O)[C@H](CC(C)(C)F)N(C)C(=O)OC(C)(C)C. The Bertz CT molecular complexity index is 2730. The number of carboxylic acids is 1. The van der Waals surface area contributed by atoms with Crippen LogP contribution in [0.2, 0.25) is 0 Å². The van der Waals surface area contributed by atoms with Crippen molar-refractivity contribution in [2.75, 3.05) is 54.6 Å². The predicted molar refractivity (Wildman–Crippen MR) is 330 cm³/mol. The summed E-state index contributed by atoms with van der Waals surface area (Å²) >= 11 is 0. The highest BCUT2D eigenvalue weighted by molar-refractivity contribution is 5.93. The largest absolute Gasteiger partial charge is 0.479 e. The molecule has 90 heavy (non-hydrogen) atoms. The molecule has 8 atom stereocenters. The minimum Gasteiger partial charge on any atom is -0.479 e. The van der Waals surface area contributed by atoms with Gasteiger partial charge in [0.1, 0.15) is 41.1 Å². The zero-order chi connectivity index (χ0) is 67.7. The Morgan fingerprint density at radius 3 is 1.13 bits per heavy atom. The predicted octanol–water partition coefficient (Wildman–Crippen LogP) is 9.12. The molecule has 2 aliphatic rings. The molecule has 2 unspecified atom stereocenters. The highest BCUT2D eigenvalue weighted by Gasteiger charge is 2.44. The molecule has 2 saturated heterocycles. The number of hydrogen-bond donors (Lipinski definition) is 1. The summed E-state index contributed by atoms with van der Waals surface area (Å²) in [6.07, 6.45) is -6.05. The number of nitrogens with zero attached hydrogens (tertiary/aromatic N) is 4. The second-order valence-corrected chi connectivity index (χ2v) is 27.1. The molecule has 0 radical (unpaired) electrons. The Morgan fingerprint density at radius 2 is 0.811 bits per heavy atom. The van der Waals surface area contributed by atoms with Gasteiger partial charge in [0.2, 0.25) is 0 Å². The van der Waals surface area contributed by atoms with Gasteiger partial charge in [0, 0.05) is 80.3 Å². The van der Waals surface area contributed by atoms with Gasteiger partial charge < -0.3 is 53.0 Å². The zero-order valence-electron chi connectivity index (χ0n) is 56.0. The van der Waals surface area contributed by atoms with Crippen molar-refractivity contribution in [1.29, 1.82) is 0 Å². The van der Waals surface area contributed by atoms with Crippen LogP contribution in [0, 0.1) is 11.8 Å². The van der Waals surface area contributed by atoms with Gasteiger partial charge in [-0.15, -0.1) is 0 Å². The minimum atomic E-state index is -2.16. The van der Waals surface area contributed by atoms with E-state index in [0.29, 0.717) is 37.6 Å². The van der Waals surface area contributed by atoms with E-state index >= 15 is 13.6 Å². The average molecular weight is 1270 g/mol. The first-order chi connectivity index (χ1) is 41.8. The standard InChI is InChI=1S/C67H100F2N4O17/c1-40(2)34-50(70(14)58(76)55(37-45-20-24-47(25-21-45)49-28-32-85-33-29-49)89-63(82)53(39-67(12,13)69)73(17)64(83)90-65(7,8)9)60(79)86-42(5)56(74)72(16)52(38-66(10,11)68)62(81)88-54(36-44-18-22-46(23-19-44)48-26-30-84-31-27-48)57(75)71(15)51(35-41(3)4)61(80)87-43(6)59(77)78/h18-25,40-43,48-55H,26-39H2,1-17H3,(H,77,78)/t42?,43-,50+,51+,52+,53+,54?,55-/m1/s1. The summed E-state index contributed by atoms with van der Waals surface area (Å²) in [4.78, 5) is 131. The van der Waals surface area contributed by atoms with Crippen molar-refractivity contribution in [3.63, 3.8) is 0 Å². The third kappa shape index (κ3) is 23.8. The van der Waals surface area contributed by atoms with E-state index < -0.39 is 132 Å². The van der Waals surface area contributed by atoms with Gasteiger partial charge in [-0.05, 0) is 147 Å². The number of carboxylic acid groups (broad SMARTS) is 1. The van der Waals surface area contributed by atoms with E-state index in [1.807, 2.05) is 24.3 Å². The number of likely N-dealkylation sites (N-methyl/N-ethyl adjacent to an activating group) is 4. The number of rotatable bonds is 30. The molecule has 2 aliphatic heterocycles. The number of aliphatic carboxylic acids is 1. The van der Waals surface area contributed by atoms with Crippen LogP contribution in [0.25, 0.3) is 0 Å². The third-order valence-electron chi connectivity index (χ3n) is 16.0. The molecule has 504 valence electrons. The van der Waals surface area contributed by atoms with Crippen LogP contribution in [0.5, 0.6) is 0 Å². The maximum absolute atomic E-state index is 16.0. The van der Waals surface area contributed by atoms with E-state index in [0.717, 1.165) is 63.3 Å². The molecule has 1 N–H and O–H groups in total. The Hall–Kier alpha value is -6.75. The van der Waals surface area contributed by atoms with Crippen LogP contribution in [0.3, 0.4) is 0 Å². The molecule has 23 heteroatoms. The first-order valence-corrected chi connectivity index (χ1v) is 31.3. The van der Waals surface area contributed by atoms with Crippen molar-refractivity contribution in [2.45, 2.75) is 232 Å². The number of hydrogen-bond acceptors (Lipinski definition) is 16. The molecule has 0 aromatic heterocycles. The number of carbonyl (C=O) groups excluding carboxylic acids is 8. The van der Waals surface area contributed by atoms with Crippen molar-refractivity contribution < 1.29 is 90.2 Å². The van der Waals surface area contributed by atoms with Gasteiger partial charge in [-0.2, -0.15) is 0 Å². The Balaban J connectivity index is 1.69. The van der Waals surface area contributed by atoms with Crippen molar-refractivity contribution in [3.05, 3.63) is 70.8 Å². The number of amides is 4. The van der Waals surface area contributed by atoms with Gasteiger partial charge in [0.15, 0.2) is 24.4 Å². The van der Waals surface area contributed by atoms with Crippen molar-refractivity contribution in [3.8, 4) is 0 Å². The molecule has 0 bridgehead atoms. The molecule has 0 aliphatic carbocycles. The summed E-state index contributed by atoms with van der Waals surface area (Å²) < 4.78 is 71.2. The molecule has 2 fully saturated rings. The fourth-order valence-electron chi connectivity index (χ4n) is 10.8. The smallest absolute Gasteiger partial charge is 0.410 e. The quantitative estimate of drug-likeness (QED) is 0.0565. The number of ether oxygens (including phenoxy) is 7. The van der Waals surface area contributed by atoms with Gasteiger partial charge in [-0.25, -0.2) is 37.5 Å². The zero-order valence-corrected chi connectivity index (χ0v) is 56.0. The monoisotopic (exact) mass is 1270 g/mol. The summed E-state index contributed by atoms with van der Waals surface area (Å²) in [6, 6.07) is 8.64. The van der Waals surface area contributed by atoms with Gasteiger partial charge in [0.05, 0.1) is 0 Å². The summed E-state index contributed by atoms with van der Waals surface area (Å²) in [5.41, 5.74) is -2.00. The Kier molecular flexibility index (Phi) is 28.2. The number of carbonyl (C=O) groups is 9. The molecule has 2 aromatic carbocycles.